The Morgan fingerprint density at radius 3 is 1.53 bits per heavy atom. The molecule has 20 atom stereocenters. The number of nitrogens with one attached hydrogen (secondary N) is 1. The third-order valence-electron chi connectivity index (χ3n) is 22.6. The maximum absolute atomic E-state index is 11.4. The van der Waals surface area contributed by atoms with E-state index in [2.05, 4.69) is 86.7 Å². The predicted molar refractivity (Wildman–Crippen MR) is 365 cm³/mol. The SMILES string of the molecule is CCC12CC1[C@H](O)[C@@H]1OC(C)(C)O[C@@H]12.CCC1=CC(=O)[C@@H]2OC(C)(C)O[C@H]12.CCC1=C[C@H](O)[C@@H]2OC(C)(C)O[C@H]12.CC[C@@]12C[C@@H]1[C@@H](n1cnc3c(Cl)nc(Cl)nc31)[C@H]1OC(C)(C)OC12.CC[C@@]12C[C@@H]1[C@@H](n1cnc3c(N)nc(Cl)nc31)[C@H]1OC(C)(C)OC12.Clc1nc(Cl)c2[nH]cnc2n1. The molecule has 538 valence electrons. The summed E-state index contributed by atoms with van der Waals surface area (Å²) in [6.07, 6.45) is 15.7. The van der Waals surface area contributed by atoms with Crippen molar-refractivity contribution < 1.29 is 62.4 Å². The maximum atomic E-state index is 11.4. The Hall–Kier alpha value is -4.43. The second-order valence-electron chi connectivity index (χ2n) is 30.5. The van der Waals surface area contributed by atoms with Gasteiger partial charge < -0.3 is 77.4 Å². The summed E-state index contributed by atoms with van der Waals surface area (Å²) in [6.45, 7) is 29.9. The van der Waals surface area contributed by atoms with Crippen LogP contribution in [-0.2, 0) is 52.2 Å². The fourth-order valence-electron chi connectivity index (χ4n) is 18.0. The van der Waals surface area contributed by atoms with E-state index in [0.717, 1.165) is 62.5 Å². The van der Waals surface area contributed by atoms with Gasteiger partial charge in [0, 0.05) is 16.2 Å². The molecular formula is C68H88Cl5N13O13. The van der Waals surface area contributed by atoms with Gasteiger partial charge in [0.15, 0.2) is 73.9 Å². The zero-order valence-electron chi connectivity index (χ0n) is 58.1. The van der Waals surface area contributed by atoms with Gasteiger partial charge in [-0.25, -0.2) is 24.9 Å². The molecule has 5 N–H and O–H groups in total. The van der Waals surface area contributed by atoms with Crippen molar-refractivity contribution in [2.75, 3.05) is 5.73 Å². The van der Waals surface area contributed by atoms with Crippen LogP contribution in [-0.4, -0.2) is 177 Å². The normalized spacial score (nSPS) is 38.7. The number of H-pyrrole nitrogens is 1. The Morgan fingerprint density at radius 2 is 0.960 bits per heavy atom. The third kappa shape index (κ3) is 12.4. The minimum absolute atomic E-state index is 0.00827. The highest BCUT2D eigenvalue weighted by Crippen LogP contribution is 2.75. The number of anilines is 1. The number of halogens is 5. The maximum Gasteiger partial charge on any atom is 0.226 e. The molecule has 0 spiro atoms. The van der Waals surface area contributed by atoms with Crippen molar-refractivity contribution in [3.63, 3.8) is 0 Å². The number of aromatic nitrogens is 12. The van der Waals surface area contributed by atoms with E-state index < -0.39 is 35.0 Å². The summed E-state index contributed by atoms with van der Waals surface area (Å²) in [5.41, 5.74) is 12.4. The lowest BCUT2D eigenvalue weighted by molar-refractivity contribution is -0.167. The molecule has 0 radical (unpaired) electrons. The second kappa shape index (κ2) is 25.1. The molecule has 99 heavy (non-hydrogen) atoms. The number of aliphatic hydroxyl groups is 2. The van der Waals surface area contributed by atoms with Gasteiger partial charge in [-0.1, -0.05) is 63.9 Å². The predicted octanol–water partition coefficient (Wildman–Crippen LogP) is 11.8. The van der Waals surface area contributed by atoms with E-state index in [1.54, 1.807) is 18.7 Å². The van der Waals surface area contributed by atoms with Crippen LogP contribution in [0.5, 0.6) is 0 Å². The van der Waals surface area contributed by atoms with Crippen LogP contribution in [0.1, 0.15) is 167 Å². The second-order valence-corrected chi connectivity index (χ2v) is 32.2. The van der Waals surface area contributed by atoms with Crippen LogP contribution in [0.3, 0.4) is 0 Å². The molecule has 13 aliphatic rings. The van der Waals surface area contributed by atoms with Crippen LogP contribution >= 0.6 is 58.0 Å². The Bertz CT molecular complexity index is 4070. The molecule has 0 bridgehead atoms. The fraction of sp³-hybridized carbons (Fsp3) is 0.706. The van der Waals surface area contributed by atoms with Gasteiger partial charge in [-0.05, 0) is 190 Å². The van der Waals surface area contributed by atoms with Crippen molar-refractivity contribution in [1.82, 2.24) is 59.0 Å². The Morgan fingerprint density at radius 1 is 0.515 bits per heavy atom. The molecule has 19 rings (SSSR count). The average Bonchev–Trinajstić information content (AvgIpc) is 1.51. The van der Waals surface area contributed by atoms with Gasteiger partial charge in [-0.3, -0.25) is 4.79 Å². The van der Waals surface area contributed by atoms with Crippen molar-refractivity contribution in [2.24, 2.45) is 34.0 Å². The van der Waals surface area contributed by atoms with Crippen LogP contribution in [0, 0.1) is 34.0 Å². The number of nitrogens with two attached hydrogens (primary N) is 1. The summed E-state index contributed by atoms with van der Waals surface area (Å²) in [7, 11) is 0. The van der Waals surface area contributed by atoms with Crippen molar-refractivity contribution in [1.29, 1.82) is 0 Å². The molecular weight excluding hydrogens is 1380 g/mol. The molecule has 6 saturated carbocycles. The molecule has 0 aromatic carbocycles. The molecule has 0 amide bonds. The Kier molecular flexibility index (Phi) is 18.2. The number of hydrogen-bond donors (Lipinski definition) is 4. The van der Waals surface area contributed by atoms with Gasteiger partial charge in [0.05, 0.1) is 55.5 Å². The highest BCUT2D eigenvalue weighted by molar-refractivity contribution is 6.35. The average molecular weight is 1470 g/mol. The molecule has 5 aliphatic heterocycles. The van der Waals surface area contributed by atoms with Gasteiger partial charge in [-0.15, -0.1) is 0 Å². The molecule has 6 aromatic heterocycles. The molecule has 6 aromatic rings. The minimum Gasteiger partial charge on any atom is -0.390 e. The molecule has 11 fully saturated rings. The van der Waals surface area contributed by atoms with Crippen LogP contribution in [0.25, 0.3) is 33.5 Å². The zero-order valence-corrected chi connectivity index (χ0v) is 61.9. The third-order valence-corrected chi connectivity index (χ3v) is 23.6. The monoisotopic (exact) mass is 1470 g/mol. The number of carbonyl (C=O) groups is 1. The number of aliphatic hydroxyl groups excluding tert-OH is 2. The standard InChI is InChI=1S/C16H18Cl2N4O2.C16H20ClN5O2.C11H18O3.C10H16O3.C10H14O3.C5H2Cl2N4/c1-4-16-5-7(16)9(10-11(16)24-15(2,3)23-10)22-6-19-8-12(17)20-14(18)21-13(8)22;1-4-16-5-7(16)9(10-11(16)24-15(2,3)23-10)22-6-19-8-12(18)20-14(17)21-13(8)22;1-4-11-5-6(11)7(12)8-9(11)14-10(2,3)13-8;2*1-4-6-5-7(11)9-8(6)12-10(2,3)13-9;6-3-2-4(9-1-8-2)11-5(7)10-3/h6-7,9-11H,4-5H2,1-3H3;6-7,9-11H,4-5H2,1-3H3,(H2,18,20,21);6-9,12H,4-5H2,1-3H3;5,7-9,11H,4H2,1-3H3;5,8-9H,4H2,1-3H3;1H,(H,8,9,10,11)/t2*7-,9-,10-,11?,16-;6?,7-,8-,9-,11?;7-,8+,9-;8-,9+;/m11001./s1. The van der Waals surface area contributed by atoms with Crippen molar-refractivity contribution >= 4 is 103 Å². The summed E-state index contributed by atoms with van der Waals surface area (Å²) < 4.78 is 63.3. The minimum atomic E-state index is -0.611. The highest BCUT2D eigenvalue weighted by atomic mass is 35.5. The molecule has 11 heterocycles. The number of nitrogen functional groups attached to an aromatic ring is 1. The first-order chi connectivity index (χ1) is 46.6. The first-order valence-electron chi connectivity index (χ1n) is 34.4. The largest absolute Gasteiger partial charge is 0.390 e. The van der Waals surface area contributed by atoms with E-state index in [9.17, 15) is 15.0 Å². The number of imidazole rings is 3. The number of fused-ring (bicyclic) bond motifs is 14. The van der Waals surface area contributed by atoms with Crippen LogP contribution < -0.4 is 5.73 Å². The molecule has 31 heteroatoms. The number of ether oxygens (including phenoxy) is 10. The summed E-state index contributed by atoms with van der Waals surface area (Å²) in [5.74, 6) is -1.02. The molecule has 8 aliphatic carbocycles. The van der Waals surface area contributed by atoms with Crippen molar-refractivity contribution in [2.45, 2.75) is 269 Å². The quantitative estimate of drug-likeness (QED) is 0.0655. The number of hydrogen-bond acceptors (Lipinski definition) is 23. The van der Waals surface area contributed by atoms with E-state index in [4.69, 9.17) is 111 Å². The van der Waals surface area contributed by atoms with Gasteiger partial charge >= 0.3 is 0 Å². The number of rotatable bonds is 7. The van der Waals surface area contributed by atoms with E-state index in [0.29, 0.717) is 57.1 Å². The van der Waals surface area contributed by atoms with Crippen molar-refractivity contribution in [3.05, 3.63) is 68.4 Å². The van der Waals surface area contributed by atoms with E-state index in [-0.39, 0.29) is 127 Å². The number of nitrogens with zero attached hydrogens (tertiary/aromatic N) is 11. The summed E-state index contributed by atoms with van der Waals surface area (Å²) >= 11 is 29.4. The van der Waals surface area contributed by atoms with Crippen LogP contribution in [0.2, 0.25) is 26.2 Å². The number of ketones is 1. The molecule has 26 nitrogen and oxygen atoms in total. The van der Waals surface area contributed by atoms with E-state index >= 15 is 0 Å². The first kappa shape index (κ1) is 71.6. The Labute approximate surface area is 598 Å². The van der Waals surface area contributed by atoms with Crippen LogP contribution in [0.15, 0.2) is 42.3 Å². The Balaban J connectivity index is 0.000000104. The van der Waals surface area contributed by atoms with Gasteiger partial charge in [0.2, 0.25) is 15.9 Å². The number of aromatic amines is 1. The molecule has 4 unspecified atom stereocenters. The number of carbonyl (C=O) groups excluding carboxylic acids is 1. The smallest absolute Gasteiger partial charge is 0.226 e. The van der Waals surface area contributed by atoms with Crippen molar-refractivity contribution in [3.8, 4) is 0 Å². The van der Waals surface area contributed by atoms with Gasteiger partial charge in [-0.2, -0.15) is 19.9 Å². The fourth-order valence-corrected chi connectivity index (χ4v) is 19.0. The van der Waals surface area contributed by atoms with Gasteiger partial charge in [0.25, 0.3) is 0 Å². The summed E-state index contributed by atoms with van der Waals surface area (Å²) in [6, 6.07) is 0.260. The van der Waals surface area contributed by atoms with Crippen LogP contribution in [0.4, 0.5) is 5.82 Å². The highest BCUT2D eigenvalue weighted by Gasteiger charge is 2.77. The summed E-state index contributed by atoms with van der Waals surface area (Å²) in [4.78, 5) is 51.2. The van der Waals surface area contributed by atoms with E-state index in [1.807, 2.05) is 82.2 Å². The zero-order chi connectivity index (χ0) is 71.0. The first-order valence-corrected chi connectivity index (χ1v) is 36.3. The topological polar surface area (TPSA) is 318 Å². The lowest BCUT2D eigenvalue weighted by Gasteiger charge is -2.24. The van der Waals surface area contributed by atoms with Gasteiger partial charge in [0.1, 0.15) is 59.3 Å². The summed E-state index contributed by atoms with van der Waals surface area (Å²) in [5, 5.41) is 20.6. The molecule has 5 saturated heterocycles. The lowest BCUT2D eigenvalue weighted by atomic mass is 9.96. The van der Waals surface area contributed by atoms with E-state index in [1.165, 1.54) is 6.33 Å². The lowest BCUT2D eigenvalue weighted by Crippen LogP contribution is -2.33.